The zero-order valence-electron chi connectivity index (χ0n) is 10.7. The van der Waals surface area contributed by atoms with Crippen molar-refractivity contribution in [3.8, 4) is 0 Å². The Kier molecular flexibility index (Phi) is 4.60. The molecular weight excluding hydrogens is 186 g/mol. The third-order valence-corrected chi connectivity index (χ3v) is 3.86. The molecule has 2 nitrogen and oxygen atoms in total. The van der Waals surface area contributed by atoms with Crippen LogP contribution in [0.25, 0.3) is 0 Å². The van der Waals surface area contributed by atoms with Crippen LogP contribution in [0.15, 0.2) is 0 Å². The molecule has 0 saturated heterocycles. The summed E-state index contributed by atoms with van der Waals surface area (Å²) < 4.78 is 0. The first kappa shape index (κ1) is 13.0. The van der Waals surface area contributed by atoms with Gasteiger partial charge in [-0.1, -0.05) is 34.1 Å². The molecule has 0 aromatic rings. The van der Waals surface area contributed by atoms with Gasteiger partial charge in [0.2, 0.25) is 0 Å². The summed E-state index contributed by atoms with van der Waals surface area (Å²) >= 11 is 0. The minimum atomic E-state index is -0.151. The molecule has 0 radical (unpaired) electrons. The third-order valence-electron chi connectivity index (χ3n) is 3.86. The molecule has 15 heavy (non-hydrogen) atoms. The van der Waals surface area contributed by atoms with E-state index in [1.807, 2.05) is 0 Å². The maximum atomic E-state index is 9.69. The van der Waals surface area contributed by atoms with Crippen LogP contribution in [0.4, 0.5) is 0 Å². The summed E-state index contributed by atoms with van der Waals surface area (Å²) in [6.07, 6.45) is 4.70. The van der Waals surface area contributed by atoms with Crippen molar-refractivity contribution in [3.05, 3.63) is 0 Å². The van der Waals surface area contributed by atoms with Gasteiger partial charge in [-0.05, 0) is 37.1 Å². The van der Waals surface area contributed by atoms with Crippen LogP contribution in [-0.2, 0) is 0 Å². The highest BCUT2D eigenvalue weighted by molar-refractivity contribution is 4.90. The van der Waals surface area contributed by atoms with Crippen LogP contribution < -0.4 is 5.32 Å². The molecule has 0 amide bonds. The summed E-state index contributed by atoms with van der Waals surface area (Å²) in [6, 6.07) is 0.650. The van der Waals surface area contributed by atoms with E-state index in [4.69, 9.17) is 0 Å². The van der Waals surface area contributed by atoms with E-state index in [0.29, 0.717) is 17.4 Å². The molecule has 2 N–H and O–H groups in total. The number of aliphatic hydroxyl groups is 1. The van der Waals surface area contributed by atoms with Gasteiger partial charge in [0.05, 0.1) is 6.10 Å². The molecule has 2 atom stereocenters. The lowest BCUT2D eigenvalue weighted by Gasteiger charge is -2.28. The fraction of sp³-hybridized carbons (Fsp3) is 1.00. The van der Waals surface area contributed by atoms with Gasteiger partial charge >= 0.3 is 0 Å². The SMILES string of the molecule is CC(C)C(O)CCNC1CCCC1(C)C. The van der Waals surface area contributed by atoms with Crippen molar-refractivity contribution >= 4 is 0 Å². The van der Waals surface area contributed by atoms with Crippen molar-refractivity contribution in [1.82, 2.24) is 5.32 Å². The summed E-state index contributed by atoms with van der Waals surface area (Å²) in [6.45, 7) is 9.79. The van der Waals surface area contributed by atoms with Crippen molar-refractivity contribution in [2.75, 3.05) is 6.54 Å². The first-order valence-corrected chi connectivity index (χ1v) is 6.35. The summed E-state index contributed by atoms with van der Waals surface area (Å²) in [4.78, 5) is 0. The average Bonchev–Trinajstić information content (AvgIpc) is 2.45. The molecule has 1 aliphatic rings. The van der Waals surface area contributed by atoms with Gasteiger partial charge in [0.15, 0.2) is 0 Å². The Balaban J connectivity index is 2.20. The second-order valence-electron chi connectivity index (χ2n) is 5.99. The molecule has 2 heteroatoms. The fourth-order valence-corrected chi connectivity index (χ4v) is 2.44. The topological polar surface area (TPSA) is 32.3 Å². The van der Waals surface area contributed by atoms with Crippen LogP contribution in [0.3, 0.4) is 0 Å². The Morgan fingerprint density at radius 2 is 2.07 bits per heavy atom. The molecular formula is C13H27NO. The Morgan fingerprint density at radius 3 is 2.53 bits per heavy atom. The van der Waals surface area contributed by atoms with Gasteiger partial charge in [0.25, 0.3) is 0 Å². The highest BCUT2D eigenvalue weighted by atomic mass is 16.3. The van der Waals surface area contributed by atoms with E-state index in [1.54, 1.807) is 0 Å². The molecule has 0 aromatic heterocycles. The van der Waals surface area contributed by atoms with E-state index >= 15 is 0 Å². The minimum Gasteiger partial charge on any atom is -0.393 e. The monoisotopic (exact) mass is 213 g/mol. The fourth-order valence-electron chi connectivity index (χ4n) is 2.44. The van der Waals surface area contributed by atoms with Crippen LogP contribution in [-0.4, -0.2) is 23.8 Å². The zero-order valence-corrected chi connectivity index (χ0v) is 10.7. The lowest BCUT2D eigenvalue weighted by molar-refractivity contribution is 0.113. The highest BCUT2D eigenvalue weighted by Crippen LogP contribution is 2.37. The zero-order chi connectivity index (χ0) is 11.5. The summed E-state index contributed by atoms with van der Waals surface area (Å²) in [5, 5.41) is 13.3. The second-order valence-corrected chi connectivity index (χ2v) is 5.99. The van der Waals surface area contributed by atoms with Crippen LogP contribution in [0.1, 0.15) is 53.4 Å². The van der Waals surface area contributed by atoms with Crippen molar-refractivity contribution in [3.63, 3.8) is 0 Å². The average molecular weight is 213 g/mol. The Hall–Kier alpha value is -0.0800. The highest BCUT2D eigenvalue weighted by Gasteiger charge is 2.33. The van der Waals surface area contributed by atoms with Crippen molar-refractivity contribution in [2.45, 2.75) is 65.5 Å². The number of hydrogen-bond acceptors (Lipinski definition) is 2. The molecule has 2 unspecified atom stereocenters. The number of hydrogen-bond donors (Lipinski definition) is 2. The van der Waals surface area contributed by atoms with Crippen molar-refractivity contribution in [1.29, 1.82) is 0 Å². The number of nitrogens with one attached hydrogen (secondary N) is 1. The predicted molar refractivity (Wildman–Crippen MR) is 64.9 cm³/mol. The lowest BCUT2D eigenvalue weighted by Crippen LogP contribution is -2.39. The van der Waals surface area contributed by atoms with E-state index in [2.05, 4.69) is 33.0 Å². The predicted octanol–water partition coefficient (Wildman–Crippen LogP) is 2.56. The smallest absolute Gasteiger partial charge is 0.0575 e. The molecule has 0 bridgehead atoms. The van der Waals surface area contributed by atoms with Gasteiger partial charge in [-0.15, -0.1) is 0 Å². The number of aliphatic hydroxyl groups excluding tert-OH is 1. The normalized spacial score (nSPS) is 27.2. The molecule has 0 spiro atoms. The summed E-state index contributed by atoms with van der Waals surface area (Å²) in [5.41, 5.74) is 0.447. The molecule has 0 heterocycles. The van der Waals surface area contributed by atoms with Gasteiger partial charge in [-0.3, -0.25) is 0 Å². The van der Waals surface area contributed by atoms with E-state index in [9.17, 15) is 5.11 Å². The molecule has 1 fully saturated rings. The quantitative estimate of drug-likeness (QED) is 0.735. The van der Waals surface area contributed by atoms with Gasteiger partial charge in [0.1, 0.15) is 0 Å². The summed E-state index contributed by atoms with van der Waals surface area (Å²) in [5.74, 6) is 0.378. The molecule has 1 rings (SSSR count). The van der Waals surface area contributed by atoms with Crippen LogP contribution in [0.5, 0.6) is 0 Å². The van der Waals surface area contributed by atoms with Crippen LogP contribution in [0, 0.1) is 11.3 Å². The van der Waals surface area contributed by atoms with Gasteiger partial charge in [0, 0.05) is 6.04 Å². The summed E-state index contributed by atoms with van der Waals surface area (Å²) in [7, 11) is 0. The van der Waals surface area contributed by atoms with Crippen LogP contribution in [0.2, 0.25) is 0 Å². The first-order chi connectivity index (χ1) is 6.93. The third kappa shape index (κ3) is 3.76. The van der Waals surface area contributed by atoms with Crippen LogP contribution >= 0.6 is 0 Å². The Bertz CT molecular complexity index is 189. The molecule has 1 aliphatic carbocycles. The molecule has 0 aromatic carbocycles. The maximum absolute atomic E-state index is 9.69. The van der Waals surface area contributed by atoms with Crippen molar-refractivity contribution in [2.24, 2.45) is 11.3 Å². The minimum absolute atomic E-state index is 0.151. The lowest BCUT2D eigenvalue weighted by atomic mass is 9.87. The molecule has 0 aliphatic heterocycles. The molecule has 90 valence electrons. The molecule has 1 saturated carbocycles. The maximum Gasteiger partial charge on any atom is 0.0575 e. The Morgan fingerprint density at radius 1 is 1.40 bits per heavy atom. The van der Waals surface area contributed by atoms with E-state index in [1.165, 1.54) is 19.3 Å². The van der Waals surface area contributed by atoms with Crippen molar-refractivity contribution < 1.29 is 5.11 Å². The van der Waals surface area contributed by atoms with Gasteiger partial charge in [-0.2, -0.15) is 0 Å². The number of rotatable bonds is 5. The van der Waals surface area contributed by atoms with E-state index in [-0.39, 0.29) is 6.10 Å². The van der Waals surface area contributed by atoms with Gasteiger partial charge < -0.3 is 10.4 Å². The second kappa shape index (κ2) is 5.31. The largest absolute Gasteiger partial charge is 0.393 e. The standard InChI is InChI=1S/C13H27NO/c1-10(2)11(15)7-9-14-12-6-5-8-13(12,3)4/h10-12,14-15H,5-9H2,1-4H3. The first-order valence-electron chi connectivity index (χ1n) is 6.35. The van der Waals surface area contributed by atoms with Gasteiger partial charge in [-0.25, -0.2) is 0 Å². The van der Waals surface area contributed by atoms with E-state index in [0.717, 1.165) is 13.0 Å². The van der Waals surface area contributed by atoms with E-state index < -0.39 is 0 Å². The Labute approximate surface area is 94.5 Å².